The van der Waals surface area contributed by atoms with Crippen LogP contribution in [0.3, 0.4) is 0 Å². The Morgan fingerprint density at radius 2 is 1.62 bits per heavy atom. The maximum atomic E-state index is 12.2. The molecule has 3 N–H and O–H groups in total. The molecule has 9 nitrogen and oxygen atoms in total. The maximum absolute atomic E-state index is 12.2. The predicted octanol–water partition coefficient (Wildman–Crippen LogP) is 2.73. The number of nitrogens with zero attached hydrogens (tertiary/aromatic N) is 3. The summed E-state index contributed by atoms with van der Waals surface area (Å²) in [4.78, 5) is 31.4. The molecule has 2 amide bonds. The van der Waals surface area contributed by atoms with Gasteiger partial charge in [-0.2, -0.15) is 0 Å². The highest BCUT2D eigenvalue weighted by molar-refractivity contribution is 6.04. The number of hydrogen-bond acceptors (Lipinski definition) is 7. The third kappa shape index (κ3) is 4.41. The Labute approximate surface area is 148 Å². The minimum absolute atomic E-state index is 0.159. The van der Waals surface area contributed by atoms with E-state index in [1.165, 1.54) is 19.3 Å². The molecule has 9 heteroatoms. The van der Waals surface area contributed by atoms with E-state index < -0.39 is 0 Å². The maximum Gasteiger partial charge on any atom is 0.258 e. The number of benzene rings is 1. The number of aryl methyl sites for hydroxylation is 1. The van der Waals surface area contributed by atoms with Crippen LogP contribution in [0.15, 0.2) is 47.2 Å². The Morgan fingerprint density at radius 3 is 2.15 bits per heavy atom. The van der Waals surface area contributed by atoms with Crippen molar-refractivity contribution >= 4 is 35.0 Å². The van der Waals surface area contributed by atoms with Gasteiger partial charge in [0.25, 0.3) is 5.91 Å². The van der Waals surface area contributed by atoms with Crippen molar-refractivity contribution in [1.29, 1.82) is 0 Å². The Hall–Kier alpha value is -3.75. The van der Waals surface area contributed by atoms with Crippen LogP contribution in [0.5, 0.6) is 0 Å². The lowest BCUT2D eigenvalue weighted by atomic mass is 10.2. The van der Waals surface area contributed by atoms with Crippen LogP contribution in [0.25, 0.3) is 0 Å². The molecule has 3 aromatic rings. The van der Waals surface area contributed by atoms with Crippen molar-refractivity contribution in [2.45, 2.75) is 13.8 Å². The van der Waals surface area contributed by atoms with Crippen molar-refractivity contribution in [3.8, 4) is 0 Å². The first-order chi connectivity index (χ1) is 12.5. The van der Waals surface area contributed by atoms with Crippen LogP contribution in [0.2, 0.25) is 0 Å². The van der Waals surface area contributed by atoms with Crippen LogP contribution in [0.1, 0.15) is 23.0 Å². The van der Waals surface area contributed by atoms with Crippen LogP contribution in [-0.2, 0) is 4.79 Å². The van der Waals surface area contributed by atoms with E-state index in [1.54, 1.807) is 37.3 Å². The Bertz CT molecular complexity index is 918. The normalized spacial score (nSPS) is 10.2. The van der Waals surface area contributed by atoms with Gasteiger partial charge in [-0.15, -0.1) is 0 Å². The fraction of sp³-hybridized carbons (Fsp3) is 0.118. The molecule has 132 valence electrons. The number of aromatic nitrogens is 3. The summed E-state index contributed by atoms with van der Waals surface area (Å²) in [7, 11) is 0. The SMILES string of the molecule is CC(=O)Nc1ccc(NC(=O)c2cnc(Nc3cc(C)on3)nc2)cc1. The number of carbonyl (C=O) groups is 2. The van der Waals surface area contributed by atoms with Gasteiger partial charge in [0.15, 0.2) is 5.82 Å². The number of rotatable bonds is 5. The molecule has 2 aromatic heterocycles. The van der Waals surface area contributed by atoms with Crippen LogP contribution in [0.4, 0.5) is 23.1 Å². The van der Waals surface area contributed by atoms with Crippen molar-refractivity contribution in [2.75, 3.05) is 16.0 Å². The first-order valence-corrected chi connectivity index (χ1v) is 7.71. The Balaban J connectivity index is 1.61. The third-order valence-electron chi connectivity index (χ3n) is 3.25. The van der Waals surface area contributed by atoms with Crippen molar-refractivity contribution in [3.63, 3.8) is 0 Å². The van der Waals surface area contributed by atoms with Gasteiger partial charge in [0, 0.05) is 36.8 Å². The molecule has 3 rings (SSSR count). The zero-order chi connectivity index (χ0) is 18.5. The molecule has 0 spiro atoms. The lowest BCUT2D eigenvalue weighted by Gasteiger charge is -2.07. The lowest BCUT2D eigenvalue weighted by molar-refractivity contribution is -0.114. The molecule has 0 radical (unpaired) electrons. The van der Waals surface area contributed by atoms with Gasteiger partial charge in [-0.3, -0.25) is 9.59 Å². The quantitative estimate of drug-likeness (QED) is 0.645. The molecule has 2 heterocycles. The van der Waals surface area contributed by atoms with E-state index in [0.717, 1.165) is 0 Å². The molecule has 0 aliphatic rings. The van der Waals surface area contributed by atoms with Gasteiger partial charge in [-0.1, -0.05) is 5.16 Å². The van der Waals surface area contributed by atoms with E-state index in [-0.39, 0.29) is 11.8 Å². The molecule has 0 saturated heterocycles. The standard InChI is InChI=1S/C17H16N6O3/c1-10-7-15(23-26-10)22-17-18-8-12(9-19-17)16(25)21-14-5-3-13(4-6-14)20-11(2)24/h3-9H,1-2H3,(H,20,24)(H,21,25)(H,18,19,22,23). The number of anilines is 4. The predicted molar refractivity (Wildman–Crippen MR) is 95.3 cm³/mol. The fourth-order valence-electron chi connectivity index (χ4n) is 2.09. The van der Waals surface area contributed by atoms with Gasteiger partial charge < -0.3 is 20.5 Å². The van der Waals surface area contributed by atoms with Crippen LogP contribution in [-0.4, -0.2) is 26.9 Å². The average Bonchev–Trinajstić information content (AvgIpc) is 3.01. The molecule has 0 fully saturated rings. The number of hydrogen-bond donors (Lipinski definition) is 3. The number of nitrogens with one attached hydrogen (secondary N) is 3. The van der Waals surface area contributed by atoms with Gasteiger partial charge in [0.1, 0.15) is 5.76 Å². The van der Waals surface area contributed by atoms with Crippen molar-refractivity contribution in [2.24, 2.45) is 0 Å². The topological polar surface area (TPSA) is 122 Å². The molecule has 1 aromatic carbocycles. The molecular formula is C17H16N6O3. The summed E-state index contributed by atoms with van der Waals surface area (Å²) in [6.07, 6.45) is 2.81. The second-order valence-corrected chi connectivity index (χ2v) is 5.46. The van der Waals surface area contributed by atoms with E-state index in [2.05, 4.69) is 31.1 Å². The largest absolute Gasteiger partial charge is 0.360 e. The molecular weight excluding hydrogens is 336 g/mol. The third-order valence-corrected chi connectivity index (χ3v) is 3.25. The van der Waals surface area contributed by atoms with Crippen molar-refractivity contribution < 1.29 is 14.1 Å². The molecule has 0 aliphatic heterocycles. The fourth-order valence-corrected chi connectivity index (χ4v) is 2.09. The summed E-state index contributed by atoms with van der Waals surface area (Å²) < 4.78 is 4.94. The summed E-state index contributed by atoms with van der Waals surface area (Å²) in [5.74, 6) is 0.941. The zero-order valence-electron chi connectivity index (χ0n) is 14.1. The minimum Gasteiger partial charge on any atom is -0.360 e. The molecule has 0 unspecified atom stereocenters. The minimum atomic E-state index is -0.346. The highest BCUT2D eigenvalue weighted by Crippen LogP contribution is 2.15. The molecule has 0 saturated carbocycles. The summed E-state index contributed by atoms with van der Waals surface area (Å²) in [6, 6.07) is 8.47. The Morgan fingerprint density at radius 1 is 1.00 bits per heavy atom. The summed E-state index contributed by atoms with van der Waals surface area (Å²) in [5.41, 5.74) is 1.54. The van der Waals surface area contributed by atoms with Crippen LogP contribution in [0, 0.1) is 6.92 Å². The molecule has 0 bridgehead atoms. The molecule has 26 heavy (non-hydrogen) atoms. The van der Waals surface area contributed by atoms with E-state index in [9.17, 15) is 9.59 Å². The number of amides is 2. The van der Waals surface area contributed by atoms with Gasteiger partial charge in [-0.05, 0) is 31.2 Å². The first kappa shape index (κ1) is 17.1. The van der Waals surface area contributed by atoms with Crippen LogP contribution < -0.4 is 16.0 Å². The first-order valence-electron chi connectivity index (χ1n) is 7.71. The van der Waals surface area contributed by atoms with E-state index >= 15 is 0 Å². The van der Waals surface area contributed by atoms with E-state index in [4.69, 9.17) is 4.52 Å². The highest BCUT2D eigenvalue weighted by atomic mass is 16.5. The monoisotopic (exact) mass is 352 g/mol. The number of carbonyl (C=O) groups excluding carboxylic acids is 2. The smallest absolute Gasteiger partial charge is 0.258 e. The van der Waals surface area contributed by atoms with E-state index in [0.29, 0.717) is 34.5 Å². The average molecular weight is 352 g/mol. The molecule has 0 atom stereocenters. The highest BCUT2D eigenvalue weighted by Gasteiger charge is 2.09. The summed E-state index contributed by atoms with van der Waals surface area (Å²) in [6.45, 7) is 3.20. The summed E-state index contributed by atoms with van der Waals surface area (Å²) >= 11 is 0. The van der Waals surface area contributed by atoms with Crippen molar-refractivity contribution in [3.05, 3.63) is 54.0 Å². The summed E-state index contributed by atoms with van der Waals surface area (Å²) in [5, 5.41) is 12.0. The van der Waals surface area contributed by atoms with Gasteiger partial charge in [0.05, 0.1) is 5.56 Å². The van der Waals surface area contributed by atoms with Gasteiger partial charge >= 0.3 is 0 Å². The second-order valence-electron chi connectivity index (χ2n) is 5.46. The van der Waals surface area contributed by atoms with Crippen molar-refractivity contribution in [1.82, 2.24) is 15.1 Å². The Kier molecular flexibility index (Phi) is 4.88. The zero-order valence-corrected chi connectivity index (χ0v) is 14.1. The van der Waals surface area contributed by atoms with Gasteiger partial charge in [-0.25, -0.2) is 9.97 Å². The van der Waals surface area contributed by atoms with Gasteiger partial charge in [0.2, 0.25) is 11.9 Å². The lowest BCUT2D eigenvalue weighted by Crippen LogP contribution is -2.13. The van der Waals surface area contributed by atoms with E-state index in [1.807, 2.05) is 0 Å². The van der Waals surface area contributed by atoms with Crippen LogP contribution >= 0.6 is 0 Å². The second kappa shape index (κ2) is 7.43. The molecule has 0 aliphatic carbocycles.